The number of halogens is 2. The van der Waals surface area contributed by atoms with Crippen LogP contribution in [0, 0.1) is 12.3 Å². The van der Waals surface area contributed by atoms with Crippen molar-refractivity contribution < 1.29 is 14.7 Å². The summed E-state index contributed by atoms with van der Waals surface area (Å²) in [5, 5.41) is 12.0. The van der Waals surface area contributed by atoms with E-state index in [0.29, 0.717) is 15.6 Å². The summed E-state index contributed by atoms with van der Waals surface area (Å²) in [7, 11) is 0. The predicted octanol–water partition coefficient (Wildman–Crippen LogP) is 2.60. The number of benzene rings is 1. The molecular formula is C14H11Cl2NO3. The van der Waals surface area contributed by atoms with Gasteiger partial charge in [-0.05, 0) is 29.8 Å². The van der Waals surface area contributed by atoms with E-state index in [1.54, 1.807) is 18.2 Å². The van der Waals surface area contributed by atoms with Crippen molar-refractivity contribution in [3.63, 3.8) is 0 Å². The molecule has 2 N–H and O–H groups in total. The second-order valence-electron chi connectivity index (χ2n) is 3.81. The third-order valence-corrected chi connectivity index (χ3v) is 2.89. The first-order chi connectivity index (χ1) is 9.43. The third kappa shape index (κ3) is 4.96. The smallest absolute Gasteiger partial charge is 0.327 e. The summed E-state index contributed by atoms with van der Waals surface area (Å²) < 4.78 is 0. The van der Waals surface area contributed by atoms with Crippen molar-refractivity contribution in [1.29, 1.82) is 0 Å². The average molecular weight is 312 g/mol. The zero-order chi connectivity index (χ0) is 15.1. The Morgan fingerprint density at radius 3 is 2.75 bits per heavy atom. The van der Waals surface area contributed by atoms with E-state index >= 15 is 0 Å². The summed E-state index contributed by atoms with van der Waals surface area (Å²) in [6, 6.07) is 3.69. The molecule has 4 nitrogen and oxygen atoms in total. The fourth-order valence-corrected chi connectivity index (χ4v) is 1.71. The first kappa shape index (κ1) is 16.1. The van der Waals surface area contributed by atoms with Gasteiger partial charge in [0.25, 0.3) is 0 Å². The average Bonchev–Trinajstić information content (AvgIpc) is 2.39. The highest BCUT2D eigenvalue weighted by Crippen LogP contribution is 2.21. The number of terminal acetylenes is 1. The maximum atomic E-state index is 11.6. The van der Waals surface area contributed by atoms with Crippen molar-refractivity contribution in [1.82, 2.24) is 5.32 Å². The van der Waals surface area contributed by atoms with Gasteiger partial charge in [0, 0.05) is 22.5 Å². The monoisotopic (exact) mass is 311 g/mol. The molecule has 0 aliphatic carbocycles. The number of carboxylic acid groups (broad SMARTS) is 1. The Morgan fingerprint density at radius 1 is 1.45 bits per heavy atom. The SMILES string of the molecule is C#CCC(NC(=O)/C=C/c1cc(Cl)ccc1Cl)C(=O)O. The Hall–Kier alpha value is -1.96. The molecule has 1 atom stereocenters. The maximum absolute atomic E-state index is 11.6. The Labute approximate surface area is 126 Å². The molecule has 0 fully saturated rings. The van der Waals surface area contributed by atoms with Gasteiger partial charge in [-0.25, -0.2) is 4.79 Å². The van der Waals surface area contributed by atoms with Gasteiger partial charge in [-0.1, -0.05) is 23.2 Å². The van der Waals surface area contributed by atoms with Crippen molar-refractivity contribution in [3.8, 4) is 12.3 Å². The largest absolute Gasteiger partial charge is 0.480 e. The molecule has 0 radical (unpaired) electrons. The molecule has 104 valence electrons. The van der Waals surface area contributed by atoms with Gasteiger partial charge in [-0.15, -0.1) is 12.3 Å². The van der Waals surface area contributed by atoms with Crippen LogP contribution in [-0.4, -0.2) is 23.0 Å². The van der Waals surface area contributed by atoms with Gasteiger partial charge in [0.2, 0.25) is 5.91 Å². The molecule has 0 heterocycles. The first-order valence-corrected chi connectivity index (χ1v) is 6.29. The van der Waals surface area contributed by atoms with Crippen LogP contribution in [0.2, 0.25) is 10.0 Å². The Morgan fingerprint density at radius 2 is 2.15 bits per heavy atom. The fourth-order valence-electron chi connectivity index (χ4n) is 1.35. The van der Waals surface area contributed by atoms with E-state index in [2.05, 4.69) is 11.2 Å². The predicted molar refractivity (Wildman–Crippen MR) is 78.5 cm³/mol. The summed E-state index contributed by atoms with van der Waals surface area (Å²) in [5.74, 6) is 0.417. The van der Waals surface area contributed by atoms with E-state index in [0.717, 1.165) is 0 Å². The van der Waals surface area contributed by atoms with Crippen LogP contribution in [0.5, 0.6) is 0 Å². The van der Waals surface area contributed by atoms with Crippen LogP contribution in [-0.2, 0) is 9.59 Å². The fraction of sp³-hybridized carbons (Fsp3) is 0.143. The lowest BCUT2D eigenvalue weighted by Gasteiger charge is -2.09. The Balaban J connectivity index is 2.75. The minimum atomic E-state index is -1.19. The molecule has 1 amide bonds. The lowest BCUT2D eigenvalue weighted by Crippen LogP contribution is -2.39. The maximum Gasteiger partial charge on any atom is 0.327 e. The number of hydrogen-bond acceptors (Lipinski definition) is 2. The van der Waals surface area contributed by atoms with Gasteiger partial charge >= 0.3 is 5.97 Å². The molecular weight excluding hydrogens is 301 g/mol. The van der Waals surface area contributed by atoms with E-state index in [-0.39, 0.29) is 6.42 Å². The molecule has 0 spiro atoms. The highest BCUT2D eigenvalue weighted by atomic mass is 35.5. The zero-order valence-electron chi connectivity index (χ0n) is 10.3. The van der Waals surface area contributed by atoms with Crippen LogP contribution in [0.15, 0.2) is 24.3 Å². The standard InChI is InChI=1S/C14H11Cl2NO3/c1-2-3-12(14(19)20)17-13(18)7-4-9-8-10(15)5-6-11(9)16/h1,4-8,12H,3H2,(H,17,18)(H,19,20)/b7-4+. The second kappa shape index (κ2) is 7.59. The summed E-state index contributed by atoms with van der Waals surface area (Å²) in [4.78, 5) is 22.4. The van der Waals surface area contributed by atoms with E-state index in [1.807, 2.05) is 0 Å². The van der Waals surface area contributed by atoms with Gasteiger partial charge in [-0.3, -0.25) is 4.79 Å². The normalized spacial score (nSPS) is 11.8. The zero-order valence-corrected chi connectivity index (χ0v) is 11.8. The highest BCUT2D eigenvalue weighted by molar-refractivity contribution is 6.34. The van der Waals surface area contributed by atoms with Gasteiger partial charge < -0.3 is 10.4 Å². The molecule has 1 rings (SSSR count). The van der Waals surface area contributed by atoms with E-state index in [9.17, 15) is 9.59 Å². The molecule has 0 aromatic heterocycles. The number of hydrogen-bond donors (Lipinski definition) is 2. The molecule has 0 saturated carbocycles. The van der Waals surface area contributed by atoms with Crippen LogP contribution in [0.25, 0.3) is 6.08 Å². The number of nitrogens with one attached hydrogen (secondary N) is 1. The van der Waals surface area contributed by atoms with E-state index in [1.165, 1.54) is 12.2 Å². The minimum absolute atomic E-state index is 0.0904. The first-order valence-electron chi connectivity index (χ1n) is 5.54. The van der Waals surface area contributed by atoms with E-state index in [4.69, 9.17) is 34.7 Å². The number of carbonyl (C=O) groups is 2. The molecule has 1 aromatic rings. The van der Waals surface area contributed by atoms with Crippen LogP contribution in [0.1, 0.15) is 12.0 Å². The van der Waals surface area contributed by atoms with Crippen LogP contribution in [0.3, 0.4) is 0 Å². The number of carboxylic acids is 1. The quantitative estimate of drug-likeness (QED) is 0.649. The van der Waals surface area contributed by atoms with Crippen LogP contribution >= 0.6 is 23.2 Å². The van der Waals surface area contributed by atoms with Crippen molar-refractivity contribution in [2.45, 2.75) is 12.5 Å². The number of aliphatic carboxylic acids is 1. The molecule has 20 heavy (non-hydrogen) atoms. The lowest BCUT2D eigenvalue weighted by molar-refractivity contribution is -0.141. The third-order valence-electron chi connectivity index (χ3n) is 2.31. The molecule has 6 heteroatoms. The van der Waals surface area contributed by atoms with E-state index < -0.39 is 17.9 Å². The van der Waals surface area contributed by atoms with Gasteiger partial charge in [0.05, 0.1) is 0 Å². The van der Waals surface area contributed by atoms with Crippen LogP contribution < -0.4 is 5.32 Å². The molecule has 1 aromatic carbocycles. The Kier molecular flexibility index (Phi) is 6.10. The van der Waals surface area contributed by atoms with Crippen molar-refractivity contribution in [3.05, 3.63) is 39.9 Å². The van der Waals surface area contributed by atoms with Crippen molar-refractivity contribution in [2.75, 3.05) is 0 Å². The molecule has 0 bridgehead atoms. The minimum Gasteiger partial charge on any atom is -0.480 e. The summed E-state index contributed by atoms with van der Waals surface area (Å²) in [6.45, 7) is 0. The molecule has 0 saturated heterocycles. The number of rotatable bonds is 5. The summed E-state index contributed by atoms with van der Waals surface area (Å²) in [5.41, 5.74) is 0.554. The Bertz CT molecular complexity index is 591. The number of carbonyl (C=O) groups excluding carboxylic acids is 1. The van der Waals surface area contributed by atoms with Crippen molar-refractivity contribution >= 4 is 41.2 Å². The number of amides is 1. The molecule has 0 aliphatic heterocycles. The van der Waals surface area contributed by atoms with Crippen LogP contribution in [0.4, 0.5) is 0 Å². The van der Waals surface area contributed by atoms with Gasteiger partial charge in [0.15, 0.2) is 0 Å². The molecule has 1 unspecified atom stereocenters. The van der Waals surface area contributed by atoms with Gasteiger partial charge in [-0.2, -0.15) is 0 Å². The molecule has 0 aliphatic rings. The van der Waals surface area contributed by atoms with Crippen molar-refractivity contribution in [2.24, 2.45) is 0 Å². The lowest BCUT2D eigenvalue weighted by atomic mass is 10.2. The summed E-state index contributed by atoms with van der Waals surface area (Å²) in [6.07, 6.45) is 7.55. The topological polar surface area (TPSA) is 66.4 Å². The highest BCUT2D eigenvalue weighted by Gasteiger charge is 2.17. The van der Waals surface area contributed by atoms with Gasteiger partial charge in [0.1, 0.15) is 6.04 Å². The second-order valence-corrected chi connectivity index (χ2v) is 4.65. The summed E-state index contributed by atoms with van der Waals surface area (Å²) >= 11 is 11.7.